The number of H-pyrrole nitrogens is 1. The molecule has 2 aromatic heterocycles. The lowest BCUT2D eigenvalue weighted by atomic mass is 10.0. The van der Waals surface area contributed by atoms with Gasteiger partial charge in [0.2, 0.25) is 17.7 Å². The van der Waals surface area contributed by atoms with Gasteiger partial charge in [-0.1, -0.05) is 24.3 Å². The van der Waals surface area contributed by atoms with E-state index in [9.17, 15) is 14.4 Å². The highest BCUT2D eigenvalue weighted by molar-refractivity contribution is 5.92. The number of aromatic nitrogens is 2. The first-order valence-electron chi connectivity index (χ1n) is 12.5. The van der Waals surface area contributed by atoms with Crippen molar-refractivity contribution in [2.45, 2.75) is 51.2 Å². The first-order valence-corrected chi connectivity index (χ1v) is 12.5. The van der Waals surface area contributed by atoms with Crippen LogP contribution in [0.4, 0.5) is 0 Å². The fourth-order valence-corrected chi connectivity index (χ4v) is 4.50. The lowest BCUT2D eigenvalue weighted by molar-refractivity contribution is -0.131. The zero-order chi connectivity index (χ0) is 25.3. The van der Waals surface area contributed by atoms with Gasteiger partial charge in [-0.2, -0.15) is 0 Å². The Morgan fingerprint density at radius 2 is 1.78 bits per heavy atom. The molecular weight excluding hydrogens is 456 g/mol. The monoisotopic (exact) mass is 490 g/mol. The second-order valence-corrected chi connectivity index (χ2v) is 9.26. The molecule has 1 aromatic carbocycles. The van der Waals surface area contributed by atoms with Crippen LogP contribution in [0.15, 0.2) is 54.9 Å². The number of fused-ring (bicyclic) bond motifs is 1. The predicted octanol–water partition coefficient (Wildman–Crippen LogP) is 1.90. The zero-order valence-electron chi connectivity index (χ0n) is 20.6. The summed E-state index contributed by atoms with van der Waals surface area (Å²) < 4.78 is 0. The van der Waals surface area contributed by atoms with E-state index >= 15 is 0 Å². The van der Waals surface area contributed by atoms with Crippen LogP contribution >= 0.6 is 0 Å². The molecule has 1 aliphatic rings. The summed E-state index contributed by atoms with van der Waals surface area (Å²) in [6, 6.07) is 12.2. The second kappa shape index (κ2) is 12.3. The third kappa shape index (κ3) is 6.91. The Hall–Kier alpha value is -3.72. The molecule has 36 heavy (non-hydrogen) atoms. The summed E-state index contributed by atoms with van der Waals surface area (Å²) in [5, 5.41) is 9.63. The molecule has 1 fully saturated rings. The number of hydrogen-bond donors (Lipinski definition) is 4. The van der Waals surface area contributed by atoms with Gasteiger partial charge in [-0.05, 0) is 50.1 Å². The summed E-state index contributed by atoms with van der Waals surface area (Å²) in [6.07, 6.45) is 5.73. The van der Waals surface area contributed by atoms with Gasteiger partial charge in [-0.3, -0.25) is 24.3 Å². The molecule has 0 bridgehead atoms. The Labute approximate surface area is 211 Å². The molecule has 0 spiro atoms. The van der Waals surface area contributed by atoms with E-state index < -0.39 is 12.1 Å². The minimum atomic E-state index is -0.759. The summed E-state index contributed by atoms with van der Waals surface area (Å²) in [5.74, 6) is -0.795. The van der Waals surface area contributed by atoms with E-state index in [0.29, 0.717) is 32.4 Å². The first kappa shape index (κ1) is 25.4. The molecule has 4 rings (SSSR count). The fraction of sp³-hybridized carbons (Fsp3) is 0.407. The number of nitrogens with one attached hydrogen (secondary N) is 4. The van der Waals surface area contributed by atoms with Gasteiger partial charge < -0.3 is 20.9 Å². The highest BCUT2D eigenvalue weighted by atomic mass is 16.2. The molecule has 1 saturated heterocycles. The van der Waals surface area contributed by atoms with Gasteiger partial charge in [0, 0.05) is 55.8 Å². The van der Waals surface area contributed by atoms with E-state index in [1.165, 1.54) is 0 Å². The molecule has 3 aromatic rings. The maximum atomic E-state index is 13.2. The van der Waals surface area contributed by atoms with Crippen LogP contribution in [0.2, 0.25) is 0 Å². The minimum absolute atomic E-state index is 0.178. The Kier molecular flexibility index (Phi) is 8.67. The van der Waals surface area contributed by atoms with E-state index in [0.717, 1.165) is 41.7 Å². The summed E-state index contributed by atoms with van der Waals surface area (Å²) >= 11 is 0. The lowest BCUT2D eigenvalue weighted by Gasteiger charge is -2.22. The molecule has 4 N–H and O–H groups in total. The molecule has 0 aliphatic carbocycles. The van der Waals surface area contributed by atoms with Crippen LogP contribution in [-0.2, 0) is 27.3 Å². The number of benzene rings is 1. The molecule has 9 nitrogen and oxygen atoms in total. The van der Waals surface area contributed by atoms with Gasteiger partial charge >= 0.3 is 0 Å². The molecule has 0 unspecified atom stereocenters. The Bertz CT molecular complexity index is 1180. The van der Waals surface area contributed by atoms with Crippen molar-refractivity contribution in [1.29, 1.82) is 0 Å². The maximum absolute atomic E-state index is 13.2. The molecule has 0 radical (unpaired) electrons. The van der Waals surface area contributed by atoms with Crippen molar-refractivity contribution in [3.63, 3.8) is 0 Å². The number of para-hydroxylation sites is 1. The molecule has 2 atom stereocenters. The Morgan fingerprint density at radius 1 is 0.972 bits per heavy atom. The van der Waals surface area contributed by atoms with Gasteiger partial charge in [0.15, 0.2) is 0 Å². The van der Waals surface area contributed by atoms with Crippen LogP contribution in [-0.4, -0.2) is 64.3 Å². The van der Waals surface area contributed by atoms with Crippen LogP contribution in [0.3, 0.4) is 0 Å². The number of hydrogen-bond acceptors (Lipinski definition) is 5. The topological polar surface area (TPSA) is 119 Å². The number of carbonyl (C=O) groups excluding carboxylic acids is 3. The minimum Gasteiger partial charge on any atom is -0.361 e. The number of rotatable bonds is 4. The number of carbonyl (C=O) groups is 3. The third-order valence-corrected chi connectivity index (χ3v) is 6.44. The van der Waals surface area contributed by atoms with E-state index in [1.54, 1.807) is 13.1 Å². The molecule has 1 aliphatic heterocycles. The number of amides is 3. The van der Waals surface area contributed by atoms with Gasteiger partial charge in [-0.15, -0.1) is 0 Å². The molecule has 0 saturated carbocycles. The van der Waals surface area contributed by atoms with Crippen molar-refractivity contribution in [3.8, 4) is 0 Å². The van der Waals surface area contributed by atoms with Gasteiger partial charge in [0.1, 0.15) is 12.1 Å². The van der Waals surface area contributed by atoms with Crippen molar-refractivity contribution >= 4 is 28.6 Å². The largest absolute Gasteiger partial charge is 0.361 e. The smallest absolute Gasteiger partial charge is 0.242 e. The Morgan fingerprint density at radius 3 is 2.61 bits per heavy atom. The van der Waals surface area contributed by atoms with Crippen molar-refractivity contribution < 1.29 is 14.4 Å². The number of pyridine rings is 1. The standard InChI is InChI=1S/C27H34N6O3/c1-19-26(35)32-24(16-20-17-30-23-10-3-2-9-22(20)23)27(36)29-13-7-15-33(14-6-11-25(34)31-19)18-21-8-4-5-12-28-21/h2-5,8-10,12,17,19,24,30H,6-7,11,13-16,18H2,1H3,(H,29,36)(H,31,34)(H,32,35)/t19-,24+/m0/s1. The average molecular weight is 491 g/mol. The van der Waals surface area contributed by atoms with Crippen molar-refractivity contribution in [3.05, 3.63) is 66.1 Å². The van der Waals surface area contributed by atoms with Crippen LogP contribution < -0.4 is 16.0 Å². The van der Waals surface area contributed by atoms with Gasteiger partial charge in [-0.25, -0.2) is 0 Å². The highest BCUT2D eigenvalue weighted by Crippen LogP contribution is 2.19. The van der Waals surface area contributed by atoms with Gasteiger partial charge in [0.25, 0.3) is 0 Å². The predicted molar refractivity (Wildman–Crippen MR) is 138 cm³/mol. The van der Waals surface area contributed by atoms with E-state index in [1.807, 2.05) is 48.7 Å². The van der Waals surface area contributed by atoms with Crippen LogP contribution in [0.1, 0.15) is 37.4 Å². The highest BCUT2D eigenvalue weighted by Gasteiger charge is 2.26. The second-order valence-electron chi connectivity index (χ2n) is 9.26. The van der Waals surface area contributed by atoms with Gasteiger partial charge in [0.05, 0.1) is 5.69 Å². The molecule has 190 valence electrons. The van der Waals surface area contributed by atoms with Crippen LogP contribution in [0, 0.1) is 0 Å². The number of aromatic amines is 1. The SMILES string of the molecule is C[C@@H]1NC(=O)CCCN(Cc2ccccn2)CCCNC(=O)[C@@H](Cc2c[nH]c3ccccc23)NC1=O. The number of nitrogens with zero attached hydrogens (tertiary/aromatic N) is 2. The normalized spacial score (nSPS) is 21.2. The summed E-state index contributed by atoms with van der Waals surface area (Å²) in [5.41, 5.74) is 2.89. The summed E-state index contributed by atoms with van der Waals surface area (Å²) in [4.78, 5) is 48.4. The maximum Gasteiger partial charge on any atom is 0.242 e. The van der Waals surface area contributed by atoms with Crippen molar-refractivity contribution in [1.82, 2.24) is 30.8 Å². The Balaban J connectivity index is 1.47. The first-order chi connectivity index (χ1) is 17.5. The van der Waals surface area contributed by atoms with Crippen molar-refractivity contribution in [2.75, 3.05) is 19.6 Å². The molecular formula is C27H34N6O3. The molecule has 3 amide bonds. The zero-order valence-corrected chi connectivity index (χ0v) is 20.6. The van der Waals surface area contributed by atoms with Crippen LogP contribution in [0.25, 0.3) is 10.9 Å². The fourth-order valence-electron chi connectivity index (χ4n) is 4.50. The molecule has 9 heteroatoms. The molecule has 3 heterocycles. The summed E-state index contributed by atoms with van der Waals surface area (Å²) in [7, 11) is 0. The third-order valence-electron chi connectivity index (χ3n) is 6.44. The van der Waals surface area contributed by atoms with E-state index in [2.05, 4.69) is 30.8 Å². The summed E-state index contributed by atoms with van der Waals surface area (Å²) in [6.45, 7) is 4.29. The quantitative estimate of drug-likeness (QED) is 0.445. The van der Waals surface area contributed by atoms with Crippen LogP contribution in [0.5, 0.6) is 0 Å². The average Bonchev–Trinajstić information content (AvgIpc) is 3.28. The van der Waals surface area contributed by atoms with E-state index in [-0.39, 0.29) is 17.7 Å². The van der Waals surface area contributed by atoms with E-state index in [4.69, 9.17) is 0 Å². The van der Waals surface area contributed by atoms with Crippen molar-refractivity contribution in [2.24, 2.45) is 0 Å². The lowest BCUT2D eigenvalue weighted by Crippen LogP contribution is -2.53.